The SMILES string of the molecule is CC.CC.CC1(C(=O)OCCSSc2ccccn2)COC(=O)OC1.OCCSSc1ccccn1. The van der Waals surface area contributed by atoms with Crippen molar-refractivity contribution in [1.82, 2.24) is 9.97 Å². The summed E-state index contributed by atoms with van der Waals surface area (Å²) < 4.78 is 14.6. The van der Waals surface area contributed by atoms with Gasteiger partial charge in [-0.25, -0.2) is 14.8 Å². The number of rotatable bonds is 10. The first-order valence-electron chi connectivity index (χ1n) is 11.5. The van der Waals surface area contributed by atoms with Crippen molar-refractivity contribution in [3.63, 3.8) is 0 Å². The molecule has 0 aromatic carbocycles. The number of carbonyl (C=O) groups excluding carboxylic acids is 2. The highest BCUT2D eigenvalue weighted by Crippen LogP contribution is 2.29. The van der Waals surface area contributed by atoms with Crippen LogP contribution in [0, 0.1) is 5.41 Å². The van der Waals surface area contributed by atoms with Crippen molar-refractivity contribution in [2.24, 2.45) is 5.41 Å². The molecule has 0 amide bonds. The highest BCUT2D eigenvalue weighted by Gasteiger charge is 2.41. The van der Waals surface area contributed by atoms with Gasteiger partial charge in [-0.2, -0.15) is 0 Å². The van der Waals surface area contributed by atoms with E-state index in [9.17, 15) is 9.59 Å². The summed E-state index contributed by atoms with van der Waals surface area (Å²) in [6, 6.07) is 11.5. The van der Waals surface area contributed by atoms with Crippen LogP contribution in [0.4, 0.5) is 4.79 Å². The van der Waals surface area contributed by atoms with E-state index in [4.69, 9.17) is 19.3 Å². The highest BCUT2D eigenvalue weighted by atomic mass is 33.1. The molecule has 0 saturated carbocycles. The van der Waals surface area contributed by atoms with Gasteiger partial charge in [0.05, 0.1) is 6.61 Å². The molecule has 1 fully saturated rings. The van der Waals surface area contributed by atoms with Gasteiger partial charge in [0, 0.05) is 23.9 Å². The van der Waals surface area contributed by atoms with Gasteiger partial charge in [-0.05, 0) is 52.8 Å². The molecule has 12 heteroatoms. The molecule has 0 radical (unpaired) electrons. The minimum Gasteiger partial charge on any atom is -0.464 e. The summed E-state index contributed by atoms with van der Waals surface area (Å²) in [7, 11) is 6.28. The van der Waals surface area contributed by atoms with Crippen LogP contribution in [0.2, 0.25) is 0 Å². The predicted molar refractivity (Wildman–Crippen MR) is 151 cm³/mol. The minimum absolute atomic E-state index is 0.0134. The van der Waals surface area contributed by atoms with Crippen LogP contribution >= 0.6 is 43.2 Å². The fourth-order valence-electron chi connectivity index (χ4n) is 2.01. The number of hydrogen-bond acceptors (Lipinski definition) is 12. The number of aromatic nitrogens is 2. The molecule has 3 rings (SSSR count). The Balaban J connectivity index is 0.000000688. The molecule has 0 atom stereocenters. The average Bonchev–Trinajstić information content (AvgIpc) is 2.94. The number of esters is 1. The van der Waals surface area contributed by atoms with Gasteiger partial charge in [-0.15, -0.1) is 0 Å². The Labute approximate surface area is 230 Å². The lowest BCUT2D eigenvalue weighted by Crippen LogP contribution is -2.44. The molecule has 1 saturated heterocycles. The van der Waals surface area contributed by atoms with Crippen molar-refractivity contribution in [3.05, 3.63) is 48.8 Å². The molecule has 1 N–H and O–H groups in total. The standard InChI is InChI=1S/C13H15NO5S2.C7H9NOS2.2C2H6/c1-13(8-18-12(16)19-9-13)11(15)17-6-7-20-21-10-4-2-3-5-14-10;9-5-6-10-11-7-3-1-2-4-8-7;2*1-2/h2-5H,6-9H2,1H3;1-4,9H,5-6H2;2*1-2H3. The third kappa shape index (κ3) is 15.5. The molecule has 0 unspecified atom stereocenters. The van der Waals surface area contributed by atoms with Gasteiger partial charge >= 0.3 is 12.1 Å². The number of nitrogens with zero attached hydrogens (tertiary/aromatic N) is 2. The molecule has 3 heterocycles. The van der Waals surface area contributed by atoms with Crippen molar-refractivity contribution in [3.8, 4) is 0 Å². The Bertz CT molecular complexity index is 809. The molecule has 8 nitrogen and oxygen atoms in total. The molecule has 1 aliphatic rings. The first kappa shape index (κ1) is 34.4. The van der Waals surface area contributed by atoms with Crippen LogP contribution in [0.15, 0.2) is 58.8 Å². The van der Waals surface area contributed by atoms with Crippen molar-refractivity contribution >= 4 is 55.3 Å². The molecule has 0 aliphatic carbocycles. The van der Waals surface area contributed by atoms with Crippen LogP contribution in [0.5, 0.6) is 0 Å². The number of aliphatic hydroxyl groups is 1. The zero-order valence-electron chi connectivity index (χ0n) is 21.4. The molecule has 1 aliphatic heterocycles. The maximum absolute atomic E-state index is 11.9. The molecule has 202 valence electrons. The van der Waals surface area contributed by atoms with Gasteiger partial charge in [0.15, 0.2) is 0 Å². The Kier molecular flexibility index (Phi) is 21.6. The molecule has 0 bridgehead atoms. The Morgan fingerprint density at radius 1 is 0.944 bits per heavy atom. The fourth-order valence-corrected chi connectivity index (χ4v) is 5.37. The van der Waals surface area contributed by atoms with Gasteiger partial charge in [-0.3, -0.25) is 4.79 Å². The summed E-state index contributed by atoms with van der Waals surface area (Å²) in [6.45, 7) is 10.1. The average molecular weight is 577 g/mol. The maximum Gasteiger partial charge on any atom is 0.508 e. The van der Waals surface area contributed by atoms with E-state index < -0.39 is 17.5 Å². The van der Waals surface area contributed by atoms with E-state index in [1.54, 1.807) is 51.7 Å². The Morgan fingerprint density at radius 2 is 1.44 bits per heavy atom. The Morgan fingerprint density at radius 3 is 1.89 bits per heavy atom. The van der Waals surface area contributed by atoms with E-state index in [2.05, 4.69) is 9.97 Å². The summed E-state index contributed by atoms with van der Waals surface area (Å²) >= 11 is 0. The second-order valence-corrected chi connectivity index (χ2v) is 11.3. The van der Waals surface area contributed by atoms with Gasteiger partial charge in [-0.1, -0.05) is 61.4 Å². The number of carbonyl (C=O) groups is 2. The van der Waals surface area contributed by atoms with Crippen LogP contribution in [0.25, 0.3) is 0 Å². The monoisotopic (exact) mass is 576 g/mol. The predicted octanol–water partition coefficient (Wildman–Crippen LogP) is 6.40. The topological polar surface area (TPSA) is 108 Å². The highest BCUT2D eigenvalue weighted by molar-refractivity contribution is 8.77. The maximum atomic E-state index is 11.9. The molecule has 36 heavy (non-hydrogen) atoms. The summed E-state index contributed by atoms with van der Waals surface area (Å²) in [6.07, 6.45) is 2.75. The van der Waals surface area contributed by atoms with Crippen molar-refractivity contribution < 1.29 is 28.9 Å². The van der Waals surface area contributed by atoms with Crippen molar-refractivity contribution in [2.45, 2.75) is 44.7 Å². The normalized spacial score (nSPS) is 13.1. The smallest absolute Gasteiger partial charge is 0.464 e. The summed E-state index contributed by atoms with van der Waals surface area (Å²) in [4.78, 5) is 31.0. The van der Waals surface area contributed by atoms with E-state index in [1.165, 1.54) is 10.8 Å². The molecular weight excluding hydrogens is 541 g/mol. The summed E-state index contributed by atoms with van der Waals surface area (Å²) in [5.41, 5.74) is -0.924. The van der Waals surface area contributed by atoms with E-state index in [0.717, 1.165) is 15.8 Å². The van der Waals surface area contributed by atoms with Crippen LogP contribution in [-0.4, -0.2) is 65.1 Å². The van der Waals surface area contributed by atoms with Gasteiger partial charge in [0.2, 0.25) is 0 Å². The van der Waals surface area contributed by atoms with Crippen molar-refractivity contribution in [1.29, 1.82) is 0 Å². The number of ether oxygens (including phenoxy) is 3. The first-order valence-corrected chi connectivity index (χ1v) is 16.2. The van der Waals surface area contributed by atoms with Gasteiger partial charge in [0.25, 0.3) is 0 Å². The second kappa shape index (κ2) is 22.6. The van der Waals surface area contributed by atoms with E-state index in [1.807, 2.05) is 64.1 Å². The van der Waals surface area contributed by atoms with Gasteiger partial charge < -0.3 is 19.3 Å². The number of cyclic esters (lactones) is 2. The minimum atomic E-state index is -0.924. The van der Waals surface area contributed by atoms with E-state index in [0.29, 0.717) is 5.75 Å². The van der Waals surface area contributed by atoms with Crippen molar-refractivity contribution in [2.75, 3.05) is 37.9 Å². The van der Waals surface area contributed by atoms with E-state index in [-0.39, 0.29) is 26.4 Å². The summed E-state index contributed by atoms with van der Waals surface area (Å²) in [5, 5.41) is 10.4. The largest absolute Gasteiger partial charge is 0.508 e. The van der Waals surface area contributed by atoms with Crippen LogP contribution < -0.4 is 0 Å². The number of pyridine rings is 2. The zero-order chi connectivity index (χ0) is 27.1. The first-order chi connectivity index (χ1) is 17.5. The lowest BCUT2D eigenvalue weighted by atomic mass is 9.93. The van der Waals surface area contributed by atoms with Gasteiger partial charge in [0.1, 0.15) is 35.3 Å². The molecular formula is C24H36N2O6S4. The van der Waals surface area contributed by atoms with Crippen LogP contribution in [0.1, 0.15) is 34.6 Å². The molecule has 0 spiro atoms. The van der Waals surface area contributed by atoms with Crippen LogP contribution in [-0.2, 0) is 19.0 Å². The number of aliphatic hydroxyl groups excluding tert-OH is 1. The lowest BCUT2D eigenvalue weighted by molar-refractivity contribution is -0.165. The lowest BCUT2D eigenvalue weighted by Gasteiger charge is -2.29. The zero-order valence-corrected chi connectivity index (χ0v) is 24.6. The van der Waals surface area contributed by atoms with Crippen LogP contribution in [0.3, 0.4) is 0 Å². The number of hydrogen-bond donors (Lipinski definition) is 1. The van der Waals surface area contributed by atoms with E-state index >= 15 is 0 Å². The second-order valence-electron chi connectivity index (χ2n) is 6.39. The molecule has 2 aromatic heterocycles. The summed E-state index contributed by atoms with van der Waals surface area (Å²) in [5.74, 6) is 0.976. The third-order valence-corrected chi connectivity index (χ3v) is 8.12. The Hall–Kier alpha value is -1.60. The fraction of sp³-hybridized carbons (Fsp3) is 0.500. The molecule has 2 aromatic rings. The quantitative estimate of drug-likeness (QED) is 0.192. The third-order valence-electron chi connectivity index (χ3n) is 3.65.